The van der Waals surface area contributed by atoms with Crippen molar-refractivity contribution in [2.45, 2.75) is 56.4 Å². The van der Waals surface area contributed by atoms with Gasteiger partial charge in [0.05, 0.1) is 11.8 Å². The van der Waals surface area contributed by atoms with Crippen molar-refractivity contribution in [3.8, 4) is 0 Å². The molecule has 1 aliphatic carbocycles. The van der Waals surface area contributed by atoms with Crippen LogP contribution >= 0.6 is 24.0 Å². The first-order valence-electron chi connectivity index (χ1n) is 8.49. The molecule has 1 aromatic carbocycles. The molecule has 0 aromatic heterocycles. The molecule has 128 valence electrons. The second-order valence-electron chi connectivity index (χ2n) is 6.39. The first-order chi connectivity index (χ1) is 11.6. The zero-order chi connectivity index (χ0) is 16.9. The highest BCUT2D eigenvalue weighted by atomic mass is 32.2. The minimum atomic E-state index is -0.384. The molecule has 2 fully saturated rings. The zero-order valence-corrected chi connectivity index (χ0v) is 15.2. The lowest BCUT2D eigenvalue weighted by molar-refractivity contribution is -0.129. The number of hydrogen-bond acceptors (Lipinski definition) is 4. The fourth-order valence-electron chi connectivity index (χ4n) is 3.24. The lowest BCUT2D eigenvalue weighted by Crippen LogP contribution is -2.39. The maximum Gasteiger partial charge on any atom is 0.242 e. The largest absolute Gasteiger partial charge is 0.353 e. The van der Waals surface area contributed by atoms with Crippen LogP contribution in [-0.4, -0.2) is 32.3 Å². The predicted molar refractivity (Wildman–Crippen MR) is 101 cm³/mol. The highest BCUT2D eigenvalue weighted by Crippen LogP contribution is 2.31. The van der Waals surface area contributed by atoms with Gasteiger partial charge in [-0.05, 0) is 18.4 Å². The summed E-state index contributed by atoms with van der Waals surface area (Å²) in [7, 11) is 0. The molecule has 1 heterocycles. The first kappa shape index (κ1) is 17.4. The Kier molecular flexibility index (Phi) is 5.89. The Morgan fingerprint density at radius 1 is 1.21 bits per heavy atom. The van der Waals surface area contributed by atoms with E-state index in [1.807, 2.05) is 30.3 Å². The third-order valence-electron chi connectivity index (χ3n) is 4.53. The minimum Gasteiger partial charge on any atom is -0.353 e. The summed E-state index contributed by atoms with van der Waals surface area (Å²) in [4.78, 5) is 26.5. The lowest BCUT2D eigenvalue weighted by atomic mass is 9.95. The van der Waals surface area contributed by atoms with Gasteiger partial charge >= 0.3 is 0 Å². The van der Waals surface area contributed by atoms with Crippen LogP contribution in [0.5, 0.6) is 0 Å². The first-order valence-corrected chi connectivity index (χ1v) is 9.77. The van der Waals surface area contributed by atoms with Gasteiger partial charge in [-0.15, -0.1) is 0 Å². The molecule has 24 heavy (non-hydrogen) atoms. The van der Waals surface area contributed by atoms with Gasteiger partial charge in [-0.25, -0.2) is 0 Å². The second kappa shape index (κ2) is 8.12. The molecule has 1 aromatic rings. The number of carbonyl (C=O) groups is 2. The van der Waals surface area contributed by atoms with Gasteiger partial charge in [0, 0.05) is 12.5 Å². The predicted octanol–water partition coefficient (Wildman–Crippen LogP) is 3.25. The maximum atomic E-state index is 12.6. The van der Waals surface area contributed by atoms with Gasteiger partial charge in [0.25, 0.3) is 0 Å². The second-order valence-corrected chi connectivity index (χ2v) is 8.23. The van der Waals surface area contributed by atoms with Crippen LogP contribution < -0.4 is 5.32 Å². The number of thioether (sulfide) groups is 1. The SMILES string of the molecule is O=C(CC1SC(=S)N(Cc2ccccc2)C1=O)NC1CCCCC1. The van der Waals surface area contributed by atoms with Crippen molar-refractivity contribution < 1.29 is 9.59 Å². The van der Waals surface area contributed by atoms with Crippen molar-refractivity contribution in [2.24, 2.45) is 0 Å². The third-order valence-corrected chi connectivity index (χ3v) is 6.11. The Bertz CT molecular complexity index is 615. The number of nitrogens with one attached hydrogen (secondary N) is 1. The number of hydrogen-bond donors (Lipinski definition) is 1. The van der Waals surface area contributed by atoms with E-state index in [9.17, 15) is 9.59 Å². The summed E-state index contributed by atoms with van der Waals surface area (Å²) in [5, 5.41) is 2.69. The average molecular weight is 363 g/mol. The number of carbonyl (C=O) groups excluding carboxylic acids is 2. The Balaban J connectivity index is 1.54. The molecule has 1 saturated heterocycles. The Morgan fingerprint density at radius 3 is 2.62 bits per heavy atom. The van der Waals surface area contributed by atoms with Gasteiger partial charge in [0.1, 0.15) is 4.32 Å². The van der Waals surface area contributed by atoms with E-state index in [0.29, 0.717) is 10.9 Å². The van der Waals surface area contributed by atoms with Crippen LogP contribution in [0.4, 0.5) is 0 Å². The Hall–Kier alpha value is -1.40. The molecule has 1 atom stereocenters. The summed E-state index contributed by atoms with van der Waals surface area (Å²) in [6, 6.07) is 10.1. The van der Waals surface area contributed by atoms with Crippen LogP contribution in [0, 0.1) is 0 Å². The summed E-state index contributed by atoms with van der Waals surface area (Å²) in [5.74, 6) is -0.0789. The van der Waals surface area contributed by atoms with Crippen LogP contribution in [-0.2, 0) is 16.1 Å². The third kappa shape index (κ3) is 4.36. The van der Waals surface area contributed by atoms with E-state index < -0.39 is 0 Å². The highest BCUT2D eigenvalue weighted by Gasteiger charge is 2.38. The molecule has 6 heteroatoms. The van der Waals surface area contributed by atoms with E-state index >= 15 is 0 Å². The molecule has 1 aliphatic heterocycles. The van der Waals surface area contributed by atoms with Gasteiger partial charge in [-0.1, -0.05) is 73.6 Å². The molecule has 0 bridgehead atoms. The summed E-state index contributed by atoms with van der Waals surface area (Å²) in [5.41, 5.74) is 1.04. The van der Waals surface area contributed by atoms with E-state index in [1.165, 1.54) is 31.0 Å². The summed E-state index contributed by atoms with van der Waals surface area (Å²) in [6.45, 7) is 0.478. The van der Waals surface area contributed by atoms with Gasteiger partial charge < -0.3 is 5.32 Å². The normalized spacial score (nSPS) is 22.0. The van der Waals surface area contributed by atoms with Crippen molar-refractivity contribution in [2.75, 3.05) is 0 Å². The standard InChI is InChI=1S/C18H22N2O2S2/c21-16(19-14-9-5-2-6-10-14)11-15-17(22)20(18(23)24-15)12-13-7-3-1-4-8-13/h1,3-4,7-8,14-15H,2,5-6,9-12H2,(H,19,21). The minimum absolute atomic E-state index is 0.0305. The monoisotopic (exact) mass is 362 g/mol. The molecule has 3 rings (SSSR count). The topological polar surface area (TPSA) is 49.4 Å². The molecule has 0 spiro atoms. The lowest BCUT2D eigenvalue weighted by Gasteiger charge is -2.23. The number of amides is 2. The highest BCUT2D eigenvalue weighted by molar-refractivity contribution is 8.24. The molecular formula is C18H22N2O2S2. The zero-order valence-electron chi connectivity index (χ0n) is 13.6. The fourth-order valence-corrected chi connectivity index (χ4v) is 4.73. The van der Waals surface area contributed by atoms with Crippen molar-refractivity contribution in [3.63, 3.8) is 0 Å². The van der Waals surface area contributed by atoms with E-state index in [1.54, 1.807) is 4.90 Å². The van der Waals surface area contributed by atoms with Crippen LogP contribution in [0.25, 0.3) is 0 Å². The van der Waals surface area contributed by atoms with Crippen molar-refractivity contribution in [3.05, 3.63) is 35.9 Å². The number of nitrogens with zero attached hydrogens (tertiary/aromatic N) is 1. The molecule has 1 unspecified atom stereocenters. The molecule has 1 saturated carbocycles. The smallest absolute Gasteiger partial charge is 0.242 e. The quantitative estimate of drug-likeness (QED) is 0.817. The summed E-state index contributed by atoms with van der Waals surface area (Å²) < 4.78 is 0.569. The van der Waals surface area contributed by atoms with Crippen LogP contribution in [0.1, 0.15) is 44.1 Å². The molecule has 4 nitrogen and oxygen atoms in total. The Morgan fingerprint density at radius 2 is 1.92 bits per heavy atom. The van der Waals surface area contributed by atoms with Crippen LogP contribution in [0.3, 0.4) is 0 Å². The van der Waals surface area contributed by atoms with E-state index in [4.69, 9.17) is 12.2 Å². The van der Waals surface area contributed by atoms with Gasteiger partial charge in [-0.2, -0.15) is 0 Å². The van der Waals surface area contributed by atoms with Gasteiger partial charge in [0.2, 0.25) is 11.8 Å². The fraction of sp³-hybridized carbons (Fsp3) is 0.500. The number of thiocarbonyl (C=S) groups is 1. The molecule has 2 amide bonds. The number of benzene rings is 1. The van der Waals surface area contributed by atoms with Crippen LogP contribution in [0.2, 0.25) is 0 Å². The molecule has 0 radical (unpaired) electrons. The maximum absolute atomic E-state index is 12.6. The van der Waals surface area contributed by atoms with Crippen molar-refractivity contribution >= 4 is 40.1 Å². The van der Waals surface area contributed by atoms with Crippen LogP contribution in [0.15, 0.2) is 30.3 Å². The Labute approximate surface area is 152 Å². The number of rotatable bonds is 5. The molecule has 1 N–H and O–H groups in total. The average Bonchev–Trinajstić information content (AvgIpc) is 2.84. The molecular weight excluding hydrogens is 340 g/mol. The van der Waals surface area contributed by atoms with E-state index in [0.717, 1.165) is 18.4 Å². The molecule has 2 aliphatic rings. The van der Waals surface area contributed by atoms with E-state index in [2.05, 4.69) is 5.32 Å². The van der Waals surface area contributed by atoms with Gasteiger partial charge in [-0.3, -0.25) is 14.5 Å². The summed E-state index contributed by atoms with van der Waals surface area (Å²) >= 11 is 6.68. The van der Waals surface area contributed by atoms with Gasteiger partial charge in [0.15, 0.2) is 0 Å². The van der Waals surface area contributed by atoms with E-state index in [-0.39, 0.29) is 29.5 Å². The van der Waals surface area contributed by atoms with Crippen molar-refractivity contribution in [1.82, 2.24) is 10.2 Å². The van der Waals surface area contributed by atoms with Crippen molar-refractivity contribution in [1.29, 1.82) is 0 Å². The summed E-state index contributed by atoms with van der Waals surface area (Å²) in [6.07, 6.45) is 5.93.